The minimum Gasteiger partial charge on any atom is -0.314 e. The van der Waals surface area contributed by atoms with E-state index in [9.17, 15) is 0 Å². The molecule has 1 fully saturated rings. The number of piperidine rings is 1. The van der Waals surface area contributed by atoms with Crippen LogP contribution in [0.15, 0.2) is 0 Å². The molecule has 1 N–H and O–H groups in total. The minimum atomic E-state index is 0.820. The first-order valence-corrected chi connectivity index (χ1v) is 7.53. The monoisotopic (exact) mass is 225 g/mol. The molecule has 0 spiro atoms. The molecule has 1 nitrogen and oxygen atoms in total. The molecule has 1 aliphatic heterocycles. The van der Waals surface area contributed by atoms with E-state index in [1.807, 2.05) is 0 Å². The summed E-state index contributed by atoms with van der Waals surface area (Å²) < 4.78 is 0. The van der Waals surface area contributed by atoms with Crippen molar-refractivity contribution in [1.29, 1.82) is 0 Å². The third-order valence-corrected chi connectivity index (χ3v) is 4.34. The Hall–Kier alpha value is -0.0400. The average molecular weight is 225 g/mol. The van der Waals surface area contributed by atoms with Gasteiger partial charge in [-0.1, -0.05) is 52.9 Å². The zero-order valence-corrected chi connectivity index (χ0v) is 11.6. The van der Waals surface area contributed by atoms with Gasteiger partial charge in [0.2, 0.25) is 0 Å². The van der Waals surface area contributed by atoms with Gasteiger partial charge in [0.15, 0.2) is 0 Å². The lowest BCUT2D eigenvalue weighted by atomic mass is 9.84. The SMILES string of the molecule is CCCCC(CC)CC1CC(CC)CCN1. The van der Waals surface area contributed by atoms with E-state index in [2.05, 4.69) is 26.1 Å². The van der Waals surface area contributed by atoms with Crippen LogP contribution >= 0.6 is 0 Å². The lowest BCUT2D eigenvalue weighted by Crippen LogP contribution is -2.39. The number of nitrogens with one attached hydrogen (secondary N) is 1. The summed E-state index contributed by atoms with van der Waals surface area (Å²) in [4.78, 5) is 0. The summed E-state index contributed by atoms with van der Waals surface area (Å²) in [7, 11) is 0. The molecule has 0 aromatic carbocycles. The van der Waals surface area contributed by atoms with Gasteiger partial charge in [0.1, 0.15) is 0 Å². The molecule has 3 unspecified atom stereocenters. The van der Waals surface area contributed by atoms with Crippen LogP contribution in [0.3, 0.4) is 0 Å². The minimum absolute atomic E-state index is 0.820. The second kappa shape index (κ2) is 8.11. The van der Waals surface area contributed by atoms with Crippen LogP contribution in [0, 0.1) is 11.8 Å². The summed E-state index contributed by atoms with van der Waals surface area (Å²) in [6.07, 6.45) is 11.2. The van der Waals surface area contributed by atoms with Crippen LogP contribution in [-0.4, -0.2) is 12.6 Å². The van der Waals surface area contributed by atoms with Crippen molar-refractivity contribution < 1.29 is 0 Å². The second-order valence-electron chi connectivity index (χ2n) is 5.60. The summed E-state index contributed by atoms with van der Waals surface area (Å²) in [6.45, 7) is 8.27. The van der Waals surface area contributed by atoms with E-state index in [1.54, 1.807) is 0 Å². The van der Waals surface area contributed by atoms with Crippen LogP contribution in [0.25, 0.3) is 0 Å². The Labute approximate surface area is 102 Å². The fraction of sp³-hybridized carbons (Fsp3) is 1.00. The highest BCUT2D eigenvalue weighted by Crippen LogP contribution is 2.26. The van der Waals surface area contributed by atoms with Crippen LogP contribution < -0.4 is 5.32 Å². The Kier molecular flexibility index (Phi) is 7.11. The maximum absolute atomic E-state index is 3.72. The van der Waals surface area contributed by atoms with Gasteiger partial charge in [0.25, 0.3) is 0 Å². The van der Waals surface area contributed by atoms with Crippen molar-refractivity contribution in [2.45, 2.75) is 78.2 Å². The van der Waals surface area contributed by atoms with Gasteiger partial charge in [-0.3, -0.25) is 0 Å². The second-order valence-corrected chi connectivity index (χ2v) is 5.60. The quantitative estimate of drug-likeness (QED) is 0.678. The van der Waals surface area contributed by atoms with E-state index in [-0.39, 0.29) is 0 Å². The first kappa shape index (κ1) is 14.0. The predicted molar refractivity (Wildman–Crippen MR) is 72.7 cm³/mol. The highest BCUT2D eigenvalue weighted by molar-refractivity contribution is 4.79. The van der Waals surface area contributed by atoms with Crippen molar-refractivity contribution in [2.24, 2.45) is 11.8 Å². The molecule has 16 heavy (non-hydrogen) atoms. The van der Waals surface area contributed by atoms with Crippen molar-refractivity contribution in [3.63, 3.8) is 0 Å². The van der Waals surface area contributed by atoms with Crippen LogP contribution in [0.1, 0.15) is 72.1 Å². The van der Waals surface area contributed by atoms with Gasteiger partial charge in [-0.15, -0.1) is 0 Å². The van der Waals surface area contributed by atoms with E-state index in [0.717, 1.165) is 17.9 Å². The van der Waals surface area contributed by atoms with E-state index in [1.165, 1.54) is 57.9 Å². The first-order valence-electron chi connectivity index (χ1n) is 7.53. The molecule has 0 bridgehead atoms. The maximum Gasteiger partial charge on any atom is 0.00723 e. The Bertz CT molecular complexity index is 167. The molecule has 0 aromatic rings. The van der Waals surface area contributed by atoms with Gasteiger partial charge >= 0.3 is 0 Å². The maximum atomic E-state index is 3.72. The number of unbranched alkanes of at least 4 members (excludes halogenated alkanes) is 1. The summed E-state index contributed by atoms with van der Waals surface area (Å²) in [5.41, 5.74) is 0. The van der Waals surface area contributed by atoms with Gasteiger partial charge in [-0.05, 0) is 37.6 Å². The van der Waals surface area contributed by atoms with E-state index < -0.39 is 0 Å². The molecule has 1 saturated heterocycles. The highest BCUT2D eigenvalue weighted by Gasteiger charge is 2.22. The van der Waals surface area contributed by atoms with Crippen molar-refractivity contribution >= 4 is 0 Å². The van der Waals surface area contributed by atoms with E-state index >= 15 is 0 Å². The standard InChI is InChI=1S/C15H31N/c1-4-7-8-13(5-2)11-15-12-14(6-3)9-10-16-15/h13-16H,4-12H2,1-3H3. The third kappa shape index (κ3) is 4.86. The van der Waals surface area contributed by atoms with Gasteiger partial charge < -0.3 is 5.32 Å². The topological polar surface area (TPSA) is 12.0 Å². The number of hydrogen-bond acceptors (Lipinski definition) is 1. The number of rotatable bonds is 7. The Morgan fingerprint density at radius 3 is 2.69 bits per heavy atom. The molecule has 0 saturated carbocycles. The summed E-state index contributed by atoms with van der Waals surface area (Å²) >= 11 is 0. The fourth-order valence-electron chi connectivity index (χ4n) is 3.03. The molecular weight excluding hydrogens is 194 g/mol. The highest BCUT2D eigenvalue weighted by atomic mass is 14.9. The van der Waals surface area contributed by atoms with Crippen molar-refractivity contribution in [3.8, 4) is 0 Å². The molecule has 3 atom stereocenters. The third-order valence-electron chi connectivity index (χ3n) is 4.34. The molecule has 96 valence electrons. The smallest absolute Gasteiger partial charge is 0.00723 e. The molecule has 1 rings (SSSR count). The van der Waals surface area contributed by atoms with Crippen molar-refractivity contribution in [2.75, 3.05) is 6.54 Å². The molecule has 0 aliphatic carbocycles. The molecule has 1 heteroatoms. The molecule has 1 aliphatic rings. The summed E-state index contributed by atoms with van der Waals surface area (Å²) in [6, 6.07) is 0.820. The Morgan fingerprint density at radius 2 is 2.06 bits per heavy atom. The van der Waals surface area contributed by atoms with Crippen molar-refractivity contribution in [1.82, 2.24) is 5.32 Å². The van der Waals surface area contributed by atoms with Crippen LogP contribution in [0.5, 0.6) is 0 Å². The fourth-order valence-corrected chi connectivity index (χ4v) is 3.03. The van der Waals surface area contributed by atoms with Crippen LogP contribution in [-0.2, 0) is 0 Å². The normalized spacial score (nSPS) is 27.9. The van der Waals surface area contributed by atoms with E-state index in [0.29, 0.717) is 0 Å². The number of hydrogen-bond donors (Lipinski definition) is 1. The van der Waals surface area contributed by atoms with Gasteiger partial charge in [-0.2, -0.15) is 0 Å². The Morgan fingerprint density at radius 1 is 1.25 bits per heavy atom. The summed E-state index contributed by atoms with van der Waals surface area (Å²) in [5, 5.41) is 3.72. The largest absolute Gasteiger partial charge is 0.314 e. The lowest BCUT2D eigenvalue weighted by molar-refractivity contribution is 0.249. The Balaban J connectivity index is 2.27. The zero-order valence-electron chi connectivity index (χ0n) is 11.6. The molecule has 1 heterocycles. The molecular formula is C15H31N. The summed E-state index contributed by atoms with van der Waals surface area (Å²) in [5.74, 6) is 1.96. The van der Waals surface area contributed by atoms with Crippen LogP contribution in [0.4, 0.5) is 0 Å². The van der Waals surface area contributed by atoms with Crippen LogP contribution in [0.2, 0.25) is 0 Å². The average Bonchev–Trinajstić information content (AvgIpc) is 2.34. The van der Waals surface area contributed by atoms with Gasteiger partial charge in [0.05, 0.1) is 0 Å². The zero-order chi connectivity index (χ0) is 11.8. The van der Waals surface area contributed by atoms with Crippen molar-refractivity contribution in [3.05, 3.63) is 0 Å². The first-order chi connectivity index (χ1) is 7.80. The molecule has 0 amide bonds. The van der Waals surface area contributed by atoms with Gasteiger partial charge in [0, 0.05) is 6.04 Å². The van der Waals surface area contributed by atoms with E-state index in [4.69, 9.17) is 0 Å². The molecule has 0 radical (unpaired) electrons. The predicted octanol–water partition coefficient (Wildman–Crippen LogP) is 4.37. The lowest BCUT2D eigenvalue weighted by Gasteiger charge is -2.32. The molecule has 0 aromatic heterocycles. The van der Waals surface area contributed by atoms with Gasteiger partial charge in [-0.25, -0.2) is 0 Å².